The number of carbonyl (C=O) groups is 1. The van der Waals surface area contributed by atoms with Gasteiger partial charge in [0.05, 0.1) is 46.2 Å². The molecular formula is C22H19F3N2O5. The highest BCUT2D eigenvalue weighted by atomic mass is 19.4. The molecule has 0 saturated heterocycles. The minimum absolute atomic E-state index is 0.0707. The van der Waals surface area contributed by atoms with Crippen LogP contribution in [0.3, 0.4) is 0 Å². The first kappa shape index (κ1) is 21.8. The van der Waals surface area contributed by atoms with Crippen LogP contribution in [0.15, 0.2) is 29.8 Å². The minimum Gasteiger partial charge on any atom is -0.494 e. The molecule has 2 aromatic rings. The van der Waals surface area contributed by atoms with Crippen molar-refractivity contribution in [1.29, 1.82) is 5.26 Å². The van der Waals surface area contributed by atoms with Crippen molar-refractivity contribution >= 4 is 5.97 Å². The summed E-state index contributed by atoms with van der Waals surface area (Å²) in [5.74, 6) is -1.75. The zero-order chi connectivity index (χ0) is 23.6. The molecule has 0 fully saturated rings. The minimum atomic E-state index is -4.82. The van der Waals surface area contributed by atoms with Gasteiger partial charge >= 0.3 is 12.1 Å². The Hall–Kier alpha value is -3.45. The monoisotopic (exact) mass is 448 g/mol. The van der Waals surface area contributed by atoms with E-state index >= 15 is 0 Å². The van der Waals surface area contributed by atoms with Crippen LogP contribution in [0.2, 0.25) is 0 Å². The van der Waals surface area contributed by atoms with Gasteiger partial charge in [0.2, 0.25) is 11.8 Å². The molecule has 7 nitrogen and oxygen atoms in total. The first-order valence-electron chi connectivity index (χ1n) is 9.79. The Morgan fingerprint density at radius 3 is 2.50 bits per heavy atom. The van der Waals surface area contributed by atoms with Gasteiger partial charge in [-0.25, -0.2) is 4.79 Å². The summed E-state index contributed by atoms with van der Waals surface area (Å²) in [6.45, 7) is 5.10. The number of ether oxygens (including phenoxy) is 2. The fraction of sp³-hybridized carbons (Fsp3) is 0.364. The lowest BCUT2D eigenvalue weighted by molar-refractivity contribution is -0.142. The molecule has 2 N–H and O–H groups in total. The maximum atomic E-state index is 13.4. The van der Waals surface area contributed by atoms with Gasteiger partial charge in [-0.05, 0) is 44.5 Å². The smallest absolute Gasteiger partial charge is 0.417 e. The maximum Gasteiger partial charge on any atom is 0.417 e. The van der Waals surface area contributed by atoms with Crippen LogP contribution < -0.4 is 0 Å². The molecule has 3 heterocycles. The van der Waals surface area contributed by atoms with Gasteiger partial charge in [-0.15, -0.1) is 0 Å². The highest BCUT2D eigenvalue weighted by Crippen LogP contribution is 2.63. The van der Waals surface area contributed by atoms with Crippen LogP contribution in [0.25, 0.3) is 5.69 Å². The van der Waals surface area contributed by atoms with Gasteiger partial charge in [-0.2, -0.15) is 18.4 Å². The molecule has 1 aromatic heterocycles. The summed E-state index contributed by atoms with van der Waals surface area (Å²) >= 11 is 0. The largest absolute Gasteiger partial charge is 0.494 e. The number of benzene rings is 1. The summed E-state index contributed by atoms with van der Waals surface area (Å²) in [4.78, 5) is 12.6. The SMILES string of the molecule is CCCOC(=O)C1=CC2(C)OC1(C)c1c2c(O)n(-c2ccc(C#N)c(C(F)(F)F)c2)c1O. The van der Waals surface area contributed by atoms with E-state index in [2.05, 4.69) is 0 Å². The van der Waals surface area contributed by atoms with Gasteiger partial charge < -0.3 is 19.7 Å². The van der Waals surface area contributed by atoms with E-state index < -0.39 is 46.2 Å². The Bertz CT molecular complexity index is 1220. The van der Waals surface area contributed by atoms with E-state index in [1.54, 1.807) is 6.92 Å². The molecule has 168 valence electrons. The molecule has 0 saturated carbocycles. The number of nitriles is 1. The highest BCUT2D eigenvalue weighted by Gasteiger charge is 2.62. The van der Waals surface area contributed by atoms with Crippen molar-refractivity contribution in [2.45, 2.75) is 44.6 Å². The Morgan fingerprint density at radius 1 is 1.25 bits per heavy atom. The van der Waals surface area contributed by atoms with Crippen LogP contribution in [0.4, 0.5) is 13.2 Å². The second kappa shape index (κ2) is 6.77. The summed E-state index contributed by atoms with van der Waals surface area (Å²) < 4.78 is 52.3. The van der Waals surface area contributed by atoms with Crippen LogP contribution in [0.5, 0.6) is 11.8 Å². The van der Waals surface area contributed by atoms with Crippen molar-refractivity contribution in [3.63, 3.8) is 0 Å². The van der Waals surface area contributed by atoms with Gasteiger partial charge in [-0.1, -0.05) is 6.92 Å². The molecule has 2 bridgehead atoms. The predicted molar refractivity (Wildman–Crippen MR) is 104 cm³/mol. The second-order valence-corrected chi connectivity index (χ2v) is 8.01. The number of hydrogen-bond acceptors (Lipinski definition) is 6. The van der Waals surface area contributed by atoms with Crippen LogP contribution >= 0.6 is 0 Å². The third kappa shape index (κ3) is 2.81. The van der Waals surface area contributed by atoms with E-state index in [-0.39, 0.29) is 29.0 Å². The van der Waals surface area contributed by atoms with Crippen LogP contribution in [-0.4, -0.2) is 27.4 Å². The number of hydrogen-bond donors (Lipinski definition) is 2. The Morgan fingerprint density at radius 2 is 1.91 bits per heavy atom. The number of fused-ring (bicyclic) bond motifs is 5. The third-order valence-corrected chi connectivity index (χ3v) is 5.79. The van der Waals surface area contributed by atoms with Crippen molar-refractivity contribution in [2.24, 2.45) is 0 Å². The molecule has 2 unspecified atom stereocenters. The molecular weight excluding hydrogens is 429 g/mol. The average Bonchev–Trinajstić information content (AvgIpc) is 3.25. The van der Waals surface area contributed by atoms with Crippen LogP contribution in [0, 0.1) is 11.3 Å². The molecule has 0 spiro atoms. The molecule has 1 aromatic carbocycles. The van der Waals surface area contributed by atoms with Crippen LogP contribution in [0.1, 0.15) is 49.4 Å². The lowest BCUT2D eigenvalue weighted by atomic mass is 9.80. The molecule has 32 heavy (non-hydrogen) atoms. The van der Waals surface area contributed by atoms with Gasteiger partial charge in [0.25, 0.3) is 0 Å². The number of aromatic nitrogens is 1. The number of nitrogens with zero attached hydrogens (tertiary/aromatic N) is 2. The molecule has 2 atom stereocenters. The van der Waals surface area contributed by atoms with E-state index in [0.29, 0.717) is 12.5 Å². The summed E-state index contributed by atoms with van der Waals surface area (Å²) in [5.41, 5.74) is -4.44. The number of halogens is 3. The molecule has 0 radical (unpaired) electrons. The van der Waals surface area contributed by atoms with Gasteiger partial charge in [-0.3, -0.25) is 4.57 Å². The Balaban J connectivity index is 1.89. The van der Waals surface area contributed by atoms with E-state index in [4.69, 9.17) is 14.7 Å². The van der Waals surface area contributed by atoms with E-state index in [9.17, 15) is 28.2 Å². The maximum absolute atomic E-state index is 13.4. The quantitative estimate of drug-likeness (QED) is 0.682. The first-order valence-corrected chi connectivity index (χ1v) is 9.79. The molecule has 4 rings (SSSR count). The lowest BCUT2D eigenvalue weighted by Gasteiger charge is -2.24. The zero-order valence-electron chi connectivity index (χ0n) is 17.4. The normalized spacial score (nSPS) is 23.6. The van der Waals surface area contributed by atoms with Crippen molar-refractivity contribution in [3.8, 4) is 23.5 Å². The van der Waals surface area contributed by atoms with Crippen molar-refractivity contribution < 1.29 is 37.7 Å². The van der Waals surface area contributed by atoms with Crippen molar-refractivity contribution in [3.05, 3.63) is 52.1 Å². The van der Waals surface area contributed by atoms with Crippen molar-refractivity contribution in [2.75, 3.05) is 6.61 Å². The number of alkyl halides is 3. The molecule has 2 aliphatic heterocycles. The average molecular weight is 448 g/mol. The standard InChI is InChI=1S/C22H19F3N2O5/c1-4-7-31-19(30)14-9-20(2)15-16(21(14,3)32-20)18(29)27(17(15)28)12-6-5-11(10-26)13(8-12)22(23,24)25/h5-6,8-9,28-29H,4,7H2,1-3H3. The van der Waals surface area contributed by atoms with Gasteiger partial charge in [0.1, 0.15) is 11.2 Å². The molecule has 0 amide bonds. The Kier molecular flexibility index (Phi) is 4.61. The summed E-state index contributed by atoms with van der Waals surface area (Å²) in [6.07, 6.45) is -2.74. The number of rotatable bonds is 4. The molecule has 2 aliphatic rings. The first-order chi connectivity index (χ1) is 14.9. The van der Waals surface area contributed by atoms with E-state index in [1.165, 1.54) is 25.1 Å². The fourth-order valence-electron chi connectivity index (χ4n) is 4.47. The number of aromatic hydroxyl groups is 2. The zero-order valence-corrected chi connectivity index (χ0v) is 17.4. The summed E-state index contributed by atoms with van der Waals surface area (Å²) in [7, 11) is 0. The number of esters is 1. The predicted octanol–water partition coefficient (Wildman–Crippen LogP) is 4.13. The topological polar surface area (TPSA) is 105 Å². The molecule has 0 aliphatic carbocycles. The van der Waals surface area contributed by atoms with E-state index in [1.807, 2.05) is 6.92 Å². The summed E-state index contributed by atoms with van der Waals surface area (Å²) in [5, 5.41) is 30.9. The number of carbonyl (C=O) groups excluding carboxylic acids is 1. The highest BCUT2D eigenvalue weighted by molar-refractivity contribution is 5.94. The fourth-order valence-corrected chi connectivity index (χ4v) is 4.47. The van der Waals surface area contributed by atoms with Gasteiger partial charge in [0, 0.05) is 0 Å². The van der Waals surface area contributed by atoms with Crippen molar-refractivity contribution in [1.82, 2.24) is 4.57 Å². The second-order valence-electron chi connectivity index (χ2n) is 8.01. The van der Waals surface area contributed by atoms with E-state index in [0.717, 1.165) is 10.6 Å². The lowest BCUT2D eigenvalue weighted by Crippen LogP contribution is -2.28. The Labute approximate surface area is 180 Å². The van der Waals surface area contributed by atoms with Crippen LogP contribution in [-0.2, 0) is 31.6 Å². The molecule has 10 heteroatoms. The van der Waals surface area contributed by atoms with Gasteiger partial charge in [0.15, 0.2) is 0 Å². The third-order valence-electron chi connectivity index (χ3n) is 5.79. The summed E-state index contributed by atoms with van der Waals surface area (Å²) in [6, 6.07) is 4.30.